The average Bonchev–Trinajstić information content (AvgIpc) is 2.41. The van der Waals surface area contributed by atoms with Gasteiger partial charge in [0.25, 0.3) is 5.56 Å². The molecule has 0 radical (unpaired) electrons. The van der Waals surface area contributed by atoms with Gasteiger partial charge in [-0.05, 0) is 18.3 Å². The van der Waals surface area contributed by atoms with Crippen LogP contribution in [-0.4, -0.2) is 22.2 Å². The minimum Gasteiger partial charge on any atom is -0.480 e. The fourth-order valence-corrected chi connectivity index (χ4v) is 3.23. The van der Waals surface area contributed by atoms with Crippen LogP contribution < -0.4 is 10.3 Å². The van der Waals surface area contributed by atoms with E-state index >= 15 is 0 Å². The maximum Gasteiger partial charge on any atom is 0.266 e. The van der Waals surface area contributed by atoms with Crippen LogP contribution in [0.5, 0.6) is 5.88 Å². The van der Waals surface area contributed by atoms with Gasteiger partial charge in [0.15, 0.2) is 0 Å². The summed E-state index contributed by atoms with van der Waals surface area (Å²) in [4.78, 5) is 11.9. The molecule has 0 saturated carbocycles. The number of nitrogens with zero attached hydrogens (tertiary/aromatic N) is 2. The monoisotopic (exact) mass is 330 g/mol. The number of hydrogen-bond acceptors (Lipinski definition) is 3. The standard InChI is InChI=1S/C14H23BrN2O2/c1-4-8-14(10-15,9-5-2)11-17-13(18)7-6-12(16-17)19-3/h6-7H,4-5,8-11H2,1-3H3. The van der Waals surface area contributed by atoms with Crippen LogP contribution in [0.2, 0.25) is 0 Å². The lowest BCUT2D eigenvalue weighted by Crippen LogP contribution is -2.35. The lowest BCUT2D eigenvalue weighted by atomic mass is 9.81. The normalized spacial score (nSPS) is 11.6. The zero-order valence-electron chi connectivity index (χ0n) is 12.0. The van der Waals surface area contributed by atoms with Crippen molar-refractivity contribution in [3.05, 3.63) is 22.5 Å². The van der Waals surface area contributed by atoms with E-state index in [1.54, 1.807) is 13.2 Å². The molecule has 0 spiro atoms. The van der Waals surface area contributed by atoms with Gasteiger partial charge in [-0.15, -0.1) is 5.10 Å². The van der Waals surface area contributed by atoms with E-state index in [2.05, 4.69) is 34.9 Å². The van der Waals surface area contributed by atoms with Gasteiger partial charge in [0.05, 0.1) is 13.7 Å². The molecule has 1 rings (SSSR count). The SMILES string of the molecule is CCCC(CBr)(CCC)Cn1nc(OC)ccc1=O. The number of alkyl halides is 1. The zero-order valence-corrected chi connectivity index (χ0v) is 13.6. The molecule has 0 unspecified atom stereocenters. The van der Waals surface area contributed by atoms with Crippen LogP contribution in [-0.2, 0) is 6.54 Å². The third-order valence-electron chi connectivity index (χ3n) is 3.38. The Morgan fingerprint density at radius 1 is 1.32 bits per heavy atom. The topological polar surface area (TPSA) is 44.1 Å². The number of ether oxygens (including phenoxy) is 1. The summed E-state index contributed by atoms with van der Waals surface area (Å²) in [6.45, 7) is 4.99. The first-order chi connectivity index (χ1) is 9.10. The van der Waals surface area contributed by atoms with E-state index in [0.29, 0.717) is 12.4 Å². The van der Waals surface area contributed by atoms with Crippen molar-refractivity contribution in [3.8, 4) is 5.88 Å². The van der Waals surface area contributed by atoms with Crippen molar-refractivity contribution in [3.63, 3.8) is 0 Å². The second-order valence-electron chi connectivity index (χ2n) is 5.01. The highest BCUT2D eigenvalue weighted by Crippen LogP contribution is 2.33. The van der Waals surface area contributed by atoms with Gasteiger partial charge in [-0.25, -0.2) is 4.68 Å². The molecule has 0 aliphatic carbocycles. The van der Waals surface area contributed by atoms with Crippen molar-refractivity contribution in [1.82, 2.24) is 9.78 Å². The van der Waals surface area contributed by atoms with Crippen molar-refractivity contribution < 1.29 is 4.74 Å². The molecule has 0 fully saturated rings. The van der Waals surface area contributed by atoms with E-state index < -0.39 is 0 Å². The van der Waals surface area contributed by atoms with Gasteiger partial charge >= 0.3 is 0 Å². The van der Waals surface area contributed by atoms with E-state index in [9.17, 15) is 4.79 Å². The fraction of sp³-hybridized carbons (Fsp3) is 0.714. The summed E-state index contributed by atoms with van der Waals surface area (Å²) in [6.07, 6.45) is 4.36. The largest absolute Gasteiger partial charge is 0.480 e. The van der Waals surface area contributed by atoms with Gasteiger partial charge in [0.2, 0.25) is 5.88 Å². The molecule has 0 N–H and O–H groups in total. The molecule has 0 bridgehead atoms. The number of methoxy groups -OCH3 is 1. The molecule has 0 amide bonds. The Morgan fingerprint density at radius 2 is 1.95 bits per heavy atom. The molecule has 19 heavy (non-hydrogen) atoms. The van der Waals surface area contributed by atoms with Crippen LogP contribution >= 0.6 is 15.9 Å². The van der Waals surface area contributed by atoms with Crippen LogP contribution in [0.1, 0.15) is 39.5 Å². The van der Waals surface area contributed by atoms with E-state index in [0.717, 1.165) is 31.0 Å². The second kappa shape index (κ2) is 7.68. The molecule has 0 aliphatic rings. The average molecular weight is 331 g/mol. The number of rotatable bonds is 8. The minimum atomic E-state index is -0.0710. The van der Waals surface area contributed by atoms with Gasteiger partial charge in [-0.2, -0.15) is 0 Å². The predicted octanol–water partition coefficient (Wildman–Crippen LogP) is 3.23. The van der Waals surface area contributed by atoms with Crippen LogP contribution in [0.4, 0.5) is 0 Å². The summed E-state index contributed by atoms with van der Waals surface area (Å²) in [7, 11) is 1.56. The number of halogens is 1. The van der Waals surface area contributed by atoms with Gasteiger partial charge in [-0.1, -0.05) is 42.6 Å². The molecule has 1 aromatic heterocycles. The summed E-state index contributed by atoms with van der Waals surface area (Å²) >= 11 is 3.62. The van der Waals surface area contributed by atoms with Crippen molar-refractivity contribution in [1.29, 1.82) is 0 Å². The molecule has 0 aliphatic heterocycles. The van der Waals surface area contributed by atoms with Crippen molar-refractivity contribution in [2.75, 3.05) is 12.4 Å². The zero-order chi connectivity index (χ0) is 14.3. The van der Waals surface area contributed by atoms with Crippen molar-refractivity contribution >= 4 is 15.9 Å². The van der Waals surface area contributed by atoms with Gasteiger partial charge in [-0.3, -0.25) is 4.79 Å². The third-order valence-corrected chi connectivity index (χ3v) is 4.57. The summed E-state index contributed by atoms with van der Waals surface area (Å²) in [5.74, 6) is 0.482. The third kappa shape index (κ3) is 4.34. The molecule has 108 valence electrons. The van der Waals surface area contributed by atoms with Crippen molar-refractivity contribution in [2.24, 2.45) is 5.41 Å². The van der Waals surface area contributed by atoms with E-state index in [1.165, 1.54) is 10.7 Å². The van der Waals surface area contributed by atoms with E-state index in [-0.39, 0.29) is 11.0 Å². The van der Waals surface area contributed by atoms with Crippen LogP contribution in [0, 0.1) is 5.41 Å². The maximum atomic E-state index is 11.9. The molecule has 1 aromatic rings. The number of hydrogen-bond donors (Lipinski definition) is 0. The van der Waals surface area contributed by atoms with Gasteiger partial charge < -0.3 is 4.74 Å². The fourth-order valence-electron chi connectivity index (χ4n) is 2.49. The predicted molar refractivity (Wildman–Crippen MR) is 81.1 cm³/mol. The molecular formula is C14H23BrN2O2. The van der Waals surface area contributed by atoms with E-state index in [1.807, 2.05) is 0 Å². The Hall–Kier alpha value is -0.840. The quantitative estimate of drug-likeness (QED) is 0.687. The molecule has 0 aromatic carbocycles. The first-order valence-electron chi connectivity index (χ1n) is 6.79. The Balaban J connectivity index is 3.04. The highest BCUT2D eigenvalue weighted by Gasteiger charge is 2.28. The minimum absolute atomic E-state index is 0.0710. The summed E-state index contributed by atoms with van der Waals surface area (Å²) in [5.41, 5.74) is 0.0190. The summed E-state index contributed by atoms with van der Waals surface area (Å²) in [5, 5.41) is 5.13. The Labute approximate surface area is 123 Å². The van der Waals surface area contributed by atoms with Gasteiger partial charge in [0, 0.05) is 17.5 Å². The highest BCUT2D eigenvalue weighted by molar-refractivity contribution is 9.09. The lowest BCUT2D eigenvalue weighted by Gasteiger charge is -2.31. The van der Waals surface area contributed by atoms with Gasteiger partial charge in [0.1, 0.15) is 0 Å². The number of aromatic nitrogens is 2. The van der Waals surface area contributed by atoms with Crippen molar-refractivity contribution in [2.45, 2.75) is 46.1 Å². The molecule has 0 atom stereocenters. The Morgan fingerprint density at radius 3 is 2.42 bits per heavy atom. The smallest absolute Gasteiger partial charge is 0.266 e. The summed E-state index contributed by atoms with van der Waals surface area (Å²) < 4.78 is 6.63. The van der Waals surface area contributed by atoms with E-state index in [4.69, 9.17) is 4.74 Å². The molecular weight excluding hydrogens is 308 g/mol. The van der Waals surface area contributed by atoms with Crippen LogP contribution in [0.15, 0.2) is 16.9 Å². The Kier molecular flexibility index (Phi) is 6.55. The molecule has 5 heteroatoms. The first kappa shape index (κ1) is 16.2. The lowest BCUT2D eigenvalue weighted by molar-refractivity contribution is 0.214. The Bertz CT molecular complexity index is 439. The highest BCUT2D eigenvalue weighted by atomic mass is 79.9. The molecule has 0 saturated heterocycles. The summed E-state index contributed by atoms with van der Waals surface area (Å²) in [6, 6.07) is 3.12. The van der Waals surface area contributed by atoms with Crippen LogP contribution in [0.25, 0.3) is 0 Å². The van der Waals surface area contributed by atoms with Crippen LogP contribution in [0.3, 0.4) is 0 Å². The molecule has 4 nitrogen and oxygen atoms in total. The first-order valence-corrected chi connectivity index (χ1v) is 7.91. The second-order valence-corrected chi connectivity index (χ2v) is 5.57. The maximum absolute atomic E-state index is 11.9. The molecule has 1 heterocycles.